The molecule has 4 nitrogen and oxygen atoms in total. The number of nitrogen functional groups attached to an aromatic ring is 1. The smallest absolute Gasteiger partial charge is 0.224 e. The SMILES string of the molecule is Cc1ccc(Cl)cc1Nc1cc2c(cc1N)CCC(=O)N2. The first-order valence-electron chi connectivity index (χ1n) is 6.78. The zero-order chi connectivity index (χ0) is 15.0. The topological polar surface area (TPSA) is 67.1 Å². The predicted octanol–water partition coefficient (Wildman–Crippen LogP) is 3.86. The van der Waals surface area contributed by atoms with Gasteiger partial charge in [-0.05, 0) is 48.7 Å². The van der Waals surface area contributed by atoms with E-state index in [0.717, 1.165) is 34.6 Å². The maximum absolute atomic E-state index is 11.5. The third kappa shape index (κ3) is 2.81. The van der Waals surface area contributed by atoms with Crippen LogP contribution in [0.3, 0.4) is 0 Å². The summed E-state index contributed by atoms with van der Waals surface area (Å²) in [6, 6.07) is 9.44. The molecular weight excluding hydrogens is 286 g/mol. The zero-order valence-corrected chi connectivity index (χ0v) is 12.4. The number of benzene rings is 2. The van der Waals surface area contributed by atoms with E-state index in [0.29, 0.717) is 17.1 Å². The van der Waals surface area contributed by atoms with Gasteiger partial charge in [0.1, 0.15) is 0 Å². The van der Waals surface area contributed by atoms with E-state index in [2.05, 4.69) is 10.6 Å². The van der Waals surface area contributed by atoms with Gasteiger partial charge in [0.15, 0.2) is 0 Å². The van der Waals surface area contributed by atoms with Crippen LogP contribution in [0.1, 0.15) is 17.5 Å². The van der Waals surface area contributed by atoms with Crippen LogP contribution < -0.4 is 16.4 Å². The van der Waals surface area contributed by atoms with Crippen LogP contribution in [0.5, 0.6) is 0 Å². The van der Waals surface area contributed by atoms with Crippen LogP contribution in [0, 0.1) is 6.92 Å². The largest absolute Gasteiger partial charge is 0.397 e. The van der Waals surface area contributed by atoms with Gasteiger partial charge in [-0.1, -0.05) is 17.7 Å². The molecule has 0 saturated carbocycles. The Kier molecular flexibility index (Phi) is 3.47. The second-order valence-electron chi connectivity index (χ2n) is 5.23. The van der Waals surface area contributed by atoms with Crippen LogP contribution in [0.4, 0.5) is 22.7 Å². The molecule has 0 unspecified atom stereocenters. The van der Waals surface area contributed by atoms with Gasteiger partial charge in [0.2, 0.25) is 5.91 Å². The minimum atomic E-state index is 0.0390. The monoisotopic (exact) mass is 301 g/mol. The minimum absolute atomic E-state index is 0.0390. The van der Waals surface area contributed by atoms with Crippen LogP contribution in [-0.4, -0.2) is 5.91 Å². The van der Waals surface area contributed by atoms with Crippen molar-refractivity contribution in [3.05, 3.63) is 46.5 Å². The molecule has 4 N–H and O–H groups in total. The molecule has 0 saturated heterocycles. The van der Waals surface area contributed by atoms with Crippen molar-refractivity contribution in [3.8, 4) is 0 Å². The highest BCUT2D eigenvalue weighted by Crippen LogP contribution is 2.34. The summed E-state index contributed by atoms with van der Waals surface area (Å²) in [5, 5.41) is 6.82. The standard InChI is InChI=1S/C16H16ClN3O/c1-9-2-4-11(17)7-13(9)19-15-8-14-10(6-12(15)18)3-5-16(21)20-14/h2,4,6-8,19H,3,5,18H2,1H3,(H,20,21). The molecular formula is C16H16ClN3O. The molecule has 0 spiro atoms. The Morgan fingerprint density at radius 1 is 1.19 bits per heavy atom. The van der Waals surface area contributed by atoms with Gasteiger partial charge in [0.25, 0.3) is 0 Å². The second-order valence-corrected chi connectivity index (χ2v) is 5.67. The summed E-state index contributed by atoms with van der Waals surface area (Å²) in [7, 11) is 0. The van der Waals surface area contributed by atoms with Gasteiger partial charge >= 0.3 is 0 Å². The van der Waals surface area contributed by atoms with E-state index in [1.807, 2.05) is 37.3 Å². The Balaban J connectivity index is 1.97. The van der Waals surface area contributed by atoms with Gasteiger partial charge in [-0.15, -0.1) is 0 Å². The molecule has 0 radical (unpaired) electrons. The lowest BCUT2D eigenvalue weighted by Gasteiger charge is -2.20. The summed E-state index contributed by atoms with van der Waals surface area (Å²) in [6.07, 6.45) is 1.23. The number of aryl methyl sites for hydroxylation is 2. The molecule has 2 aromatic rings. The molecule has 1 aliphatic heterocycles. The molecule has 0 aliphatic carbocycles. The number of carbonyl (C=O) groups excluding carboxylic acids is 1. The lowest BCUT2D eigenvalue weighted by Crippen LogP contribution is -2.19. The predicted molar refractivity (Wildman–Crippen MR) is 87.3 cm³/mol. The highest BCUT2D eigenvalue weighted by atomic mass is 35.5. The molecule has 3 rings (SSSR count). The van der Waals surface area contributed by atoms with Crippen molar-refractivity contribution in [1.82, 2.24) is 0 Å². The van der Waals surface area contributed by atoms with E-state index >= 15 is 0 Å². The van der Waals surface area contributed by atoms with E-state index in [-0.39, 0.29) is 5.91 Å². The van der Waals surface area contributed by atoms with Crippen molar-refractivity contribution >= 4 is 40.3 Å². The number of rotatable bonds is 2. The molecule has 2 aromatic carbocycles. The molecule has 5 heteroatoms. The van der Waals surface area contributed by atoms with Crippen molar-refractivity contribution in [3.63, 3.8) is 0 Å². The highest BCUT2D eigenvalue weighted by molar-refractivity contribution is 6.30. The maximum Gasteiger partial charge on any atom is 0.224 e. The Morgan fingerprint density at radius 2 is 2.00 bits per heavy atom. The summed E-state index contributed by atoms with van der Waals surface area (Å²) in [6.45, 7) is 2.00. The fraction of sp³-hybridized carbons (Fsp3) is 0.188. The first-order valence-corrected chi connectivity index (χ1v) is 7.16. The van der Waals surface area contributed by atoms with Crippen LogP contribution >= 0.6 is 11.6 Å². The van der Waals surface area contributed by atoms with Gasteiger partial charge in [-0.3, -0.25) is 4.79 Å². The summed E-state index contributed by atoms with van der Waals surface area (Å²) >= 11 is 6.03. The summed E-state index contributed by atoms with van der Waals surface area (Å²) < 4.78 is 0. The highest BCUT2D eigenvalue weighted by Gasteiger charge is 2.17. The van der Waals surface area contributed by atoms with E-state index in [9.17, 15) is 4.79 Å². The third-order valence-corrected chi connectivity index (χ3v) is 3.87. The fourth-order valence-electron chi connectivity index (χ4n) is 2.43. The number of amides is 1. The maximum atomic E-state index is 11.5. The van der Waals surface area contributed by atoms with E-state index in [1.54, 1.807) is 0 Å². The average Bonchev–Trinajstić information content (AvgIpc) is 2.44. The number of nitrogens with one attached hydrogen (secondary N) is 2. The zero-order valence-electron chi connectivity index (χ0n) is 11.7. The van der Waals surface area contributed by atoms with E-state index in [1.165, 1.54) is 0 Å². The Bertz CT molecular complexity index is 728. The van der Waals surface area contributed by atoms with Crippen LogP contribution in [0.15, 0.2) is 30.3 Å². The minimum Gasteiger partial charge on any atom is -0.397 e. The van der Waals surface area contributed by atoms with Crippen molar-refractivity contribution < 1.29 is 4.79 Å². The molecule has 0 fully saturated rings. The average molecular weight is 302 g/mol. The number of halogens is 1. The van der Waals surface area contributed by atoms with Gasteiger partial charge in [0, 0.05) is 22.8 Å². The van der Waals surface area contributed by atoms with Gasteiger partial charge in [-0.25, -0.2) is 0 Å². The van der Waals surface area contributed by atoms with Gasteiger partial charge in [-0.2, -0.15) is 0 Å². The van der Waals surface area contributed by atoms with Crippen molar-refractivity contribution in [1.29, 1.82) is 0 Å². The first kappa shape index (κ1) is 13.8. The van der Waals surface area contributed by atoms with Crippen LogP contribution in [-0.2, 0) is 11.2 Å². The molecule has 0 atom stereocenters. The Morgan fingerprint density at radius 3 is 2.81 bits per heavy atom. The number of anilines is 4. The molecule has 0 bridgehead atoms. The van der Waals surface area contributed by atoms with Crippen molar-refractivity contribution in [2.45, 2.75) is 19.8 Å². The Hall–Kier alpha value is -2.20. The van der Waals surface area contributed by atoms with Crippen molar-refractivity contribution in [2.75, 3.05) is 16.4 Å². The lowest BCUT2D eigenvalue weighted by molar-refractivity contribution is -0.116. The summed E-state index contributed by atoms with van der Waals surface area (Å²) in [5.74, 6) is 0.0390. The first-order chi connectivity index (χ1) is 10.0. The van der Waals surface area contributed by atoms with Crippen LogP contribution in [0.25, 0.3) is 0 Å². The normalized spacial score (nSPS) is 13.5. The number of carbonyl (C=O) groups is 1. The number of nitrogens with two attached hydrogens (primary N) is 1. The number of hydrogen-bond donors (Lipinski definition) is 3. The van der Waals surface area contributed by atoms with E-state index < -0.39 is 0 Å². The van der Waals surface area contributed by atoms with Gasteiger partial charge in [0.05, 0.1) is 11.4 Å². The number of hydrogen-bond acceptors (Lipinski definition) is 3. The molecule has 1 amide bonds. The second kappa shape index (κ2) is 5.30. The quantitative estimate of drug-likeness (QED) is 0.738. The molecule has 21 heavy (non-hydrogen) atoms. The van der Waals surface area contributed by atoms with Crippen molar-refractivity contribution in [2.24, 2.45) is 0 Å². The Labute approximate surface area is 128 Å². The van der Waals surface area contributed by atoms with Gasteiger partial charge < -0.3 is 16.4 Å². The van der Waals surface area contributed by atoms with E-state index in [4.69, 9.17) is 17.3 Å². The number of fused-ring (bicyclic) bond motifs is 1. The molecule has 1 heterocycles. The molecule has 0 aromatic heterocycles. The summed E-state index contributed by atoms with van der Waals surface area (Å²) in [5.41, 5.74) is 11.4. The lowest BCUT2D eigenvalue weighted by atomic mass is 10.0. The molecule has 1 aliphatic rings. The third-order valence-electron chi connectivity index (χ3n) is 3.64. The summed E-state index contributed by atoms with van der Waals surface area (Å²) in [4.78, 5) is 11.5. The van der Waals surface area contributed by atoms with Crippen LogP contribution in [0.2, 0.25) is 5.02 Å². The fourth-order valence-corrected chi connectivity index (χ4v) is 2.60. The molecule has 108 valence electrons.